The molecule has 0 spiro atoms. The molecule has 2 aromatic heterocycles. The van der Waals surface area contributed by atoms with Gasteiger partial charge in [-0.25, -0.2) is 0 Å². The molecular weight excluding hydrogens is 260 g/mol. The largest absolute Gasteiger partial charge is 0.346 e. The van der Waals surface area contributed by atoms with Crippen LogP contribution in [0.15, 0.2) is 18.3 Å². The molecule has 0 aliphatic heterocycles. The van der Waals surface area contributed by atoms with Crippen molar-refractivity contribution in [1.29, 1.82) is 0 Å². The summed E-state index contributed by atoms with van der Waals surface area (Å²) in [6, 6.07) is 4.68. The second-order valence-electron chi connectivity index (χ2n) is 5.14. The van der Waals surface area contributed by atoms with Crippen molar-refractivity contribution < 1.29 is 0 Å². The Hall–Kier alpha value is -1.26. The maximum absolute atomic E-state index is 6.28. The third-order valence-electron chi connectivity index (χ3n) is 3.21. The van der Waals surface area contributed by atoms with Gasteiger partial charge in [0, 0.05) is 37.1 Å². The Kier molecular flexibility index (Phi) is 4.32. The fraction of sp³-hybridized carbons (Fsp3) is 0.500. The van der Waals surface area contributed by atoms with E-state index in [1.165, 1.54) is 5.69 Å². The van der Waals surface area contributed by atoms with Crippen LogP contribution < -0.4 is 5.32 Å². The summed E-state index contributed by atoms with van der Waals surface area (Å²) < 4.78 is 3.94. The predicted octanol–water partition coefficient (Wildman–Crippen LogP) is 2.73. The lowest BCUT2D eigenvalue weighted by Gasteiger charge is -2.12. The molecule has 2 heterocycles. The quantitative estimate of drug-likeness (QED) is 0.914. The van der Waals surface area contributed by atoms with Crippen LogP contribution in [0.5, 0.6) is 0 Å². The third kappa shape index (κ3) is 3.19. The van der Waals surface area contributed by atoms with Gasteiger partial charge in [-0.3, -0.25) is 4.68 Å². The Morgan fingerprint density at radius 2 is 2.16 bits per heavy atom. The molecule has 5 heteroatoms. The molecule has 0 saturated carbocycles. The molecule has 1 N–H and O–H groups in total. The van der Waals surface area contributed by atoms with Crippen LogP contribution in [-0.4, -0.2) is 20.4 Å². The van der Waals surface area contributed by atoms with Crippen LogP contribution in [0.1, 0.15) is 30.8 Å². The molecule has 4 nitrogen and oxygen atoms in total. The van der Waals surface area contributed by atoms with Crippen molar-refractivity contribution in [2.24, 2.45) is 7.05 Å². The van der Waals surface area contributed by atoms with Gasteiger partial charge in [0.05, 0.1) is 12.2 Å². The van der Waals surface area contributed by atoms with Crippen LogP contribution in [-0.2, 0) is 20.1 Å². The summed E-state index contributed by atoms with van der Waals surface area (Å²) in [6.07, 6.45) is 2.08. The summed E-state index contributed by atoms with van der Waals surface area (Å²) in [5, 5.41) is 8.50. The first-order valence-corrected chi connectivity index (χ1v) is 6.92. The van der Waals surface area contributed by atoms with Gasteiger partial charge in [-0.05, 0) is 19.1 Å². The average molecular weight is 281 g/mol. The summed E-state index contributed by atoms with van der Waals surface area (Å²) in [4.78, 5) is 0. The highest BCUT2D eigenvalue weighted by Crippen LogP contribution is 2.20. The standard InChI is InChI=1S/C14H21ClN4/c1-10(2)16-8-12-6-5-7-19(12)9-13-11(3)17-18(4)14(13)15/h5-7,10,16H,8-9H2,1-4H3. The smallest absolute Gasteiger partial charge is 0.131 e. The molecule has 0 amide bonds. The lowest BCUT2D eigenvalue weighted by atomic mass is 10.2. The maximum Gasteiger partial charge on any atom is 0.131 e. The second-order valence-corrected chi connectivity index (χ2v) is 5.50. The van der Waals surface area contributed by atoms with E-state index in [9.17, 15) is 0 Å². The first-order valence-electron chi connectivity index (χ1n) is 6.54. The van der Waals surface area contributed by atoms with Crippen LogP contribution in [0.25, 0.3) is 0 Å². The summed E-state index contributed by atoms with van der Waals surface area (Å²) in [6.45, 7) is 7.92. The van der Waals surface area contributed by atoms with Crippen LogP contribution in [0.2, 0.25) is 5.15 Å². The van der Waals surface area contributed by atoms with Crippen LogP contribution in [0.4, 0.5) is 0 Å². The summed E-state index contributed by atoms with van der Waals surface area (Å²) in [5.41, 5.74) is 3.34. The number of aryl methyl sites for hydroxylation is 2. The van der Waals surface area contributed by atoms with Gasteiger partial charge in [0.25, 0.3) is 0 Å². The van der Waals surface area contributed by atoms with E-state index in [4.69, 9.17) is 11.6 Å². The molecule has 2 rings (SSSR count). The first-order chi connectivity index (χ1) is 8.99. The first kappa shape index (κ1) is 14.2. The SMILES string of the molecule is Cc1nn(C)c(Cl)c1Cn1cccc1CNC(C)C. The van der Waals surface area contributed by atoms with Gasteiger partial charge in [-0.2, -0.15) is 5.10 Å². The number of halogens is 1. The van der Waals surface area contributed by atoms with Crippen molar-refractivity contribution in [3.05, 3.63) is 40.4 Å². The highest BCUT2D eigenvalue weighted by molar-refractivity contribution is 6.30. The lowest BCUT2D eigenvalue weighted by Crippen LogP contribution is -2.23. The normalized spacial score (nSPS) is 11.5. The second kappa shape index (κ2) is 5.80. The molecule has 0 aliphatic rings. The summed E-state index contributed by atoms with van der Waals surface area (Å²) in [7, 11) is 1.87. The van der Waals surface area contributed by atoms with E-state index in [0.717, 1.165) is 24.3 Å². The molecule has 0 bridgehead atoms. The average Bonchev–Trinajstić information content (AvgIpc) is 2.87. The number of rotatable bonds is 5. The van der Waals surface area contributed by atoms with Gasteiger partial charge in [-0.15, -0.1) is 0 Å². The minimum absolute atomic E-state index is 0.479. The molecule has 19 heavy (non-hydrogen) atoms. The molecule has 0 fully saturated rings. The Balaban J connectivity index is 2.17. The Morgan fingerprint density at radius 3 is 2.74 bits per heavy atom. The zero-order chi connectivity index (χ0) is 14.0. The van der Waals surface area contributed by atoms with E-state index in [0.29, 0.717) is 11.2 Å². The maximum atomic E-state index is 6.28. The number of nitrogens with zero attached hydrogens (tertiary/aromatic N) is 3. The van der Waals surface area contributed by atoms with Gasteiger partial charge >= 0.3 is 0 Å². The minimum atomic E-state index is 0.479. The van der Waals surface area contributed by atoms with Crippen molar-refractivity contribution >= 4 is 11.6 Å². The van der Waals surface area contributed by atoms with Crippen molar-refractivity contribution in [2.45, 2.75) is 39.9 Å². The fourth-order valence-corrected chi connectivity index (χ4v) is 2.33. The number of hydrogen-bond acceptors (Lipinski definition) is 2. The van der Waals surface area contributed by atoms with Gasteiger partial charge < -0.3 is 9.88 Å². The van der Waals surface area contributed by atoms with Gasteiger partial charge in [0.1, 0.15) is 5.15 Å². The predicted molar refractivity (Wildman–Crippen MR) is 78.5 cm³/mol. The van der Waals surface area contributed by atoms with Gasteiger partial charge in [0.2, 0.25) is 0 Å². The fourth-order valence-electron chi connectivity index (χ4n) is 2.10. The molecular formula is C14H21ClN4. The molecule has 0 radical (unpaired) electrons. The molecule has 0 aromatic carbocycles. The third-order valence-corrected chi connectivity index (χ3v) is 3.69. The zero-order valence-electron chi connectivity index (χ0n) is 11.9. The van der Waals surface area contributed by atoms with Gasteiger partial charge in [-0.1, -0.05) is 25.4 Å². The number of aromatic nitrogens is 3. The minimum Gasteiger partial charge on any atom is -0.346 e. The lowest BCUT2D eigenvalue weighted by molar-refractivity contribution is 0.564. The van der Waals surface area contributed by atoms with Crippen LogP contribution in [0, 0.1) is 6.92 Å². The number of nitrogens with one attached hydrogen (secondary N) is 1. The van der Waals surface area contributed by atoms with E-state index < -0.39 is 0 Å². The van der Waals surface area contributed by atoms with E-state index in [1.54, 1.807) is 4.68 Å². The Labute approximate surface area is 119 Å². The molecule has 0 saturated heterocycles. The van der Waals surface area contributed by atoms with Crippen LogP contribution >= 0.6 is 11.6 Å². The highest BCUT2D eigenvalue weighted by Gasteiger charge is 2.12. The monoisotopic (exact) mass is 280 g/mol. The summed E-state index contributed by atoms with van der Waals surface area (Å²) >= 11 is 6.28. The van der Waals surface area contributed by atoms with E-state index >= 15 is 0 Å². The molecule has 0 atom stereocenters. The zero-order valence-corrected chi connectivity index (χ0v) is 12.7. The topological polar surface area (TPSA) is 34.8 Å². The van der Waals surface area contributed by atoms with Gasteiger partial charge in [0.15, 0.2) is 0 Å². The molecule has 104 valence electrons. The van der Waals surface area contributed by atoms with E-state index in [1.807, 2.05) is 14.0 Å². The van der Waals surface area contributed by atoms with Crippen molar-refractivity contribution in [1.82, 2.24) is 19.7 Å². The highest BCUT2D eigenvalue weighted by atomic mass is 35.5. The summed E-state index contributed by atoms with van der Waals surface area (Å²) in [5.74, 6) is 0. The Bertz CT molecular complexity index is 554. The number of hydrogen-bond donors (Lipinski definition) is 1. The van der Waals surface area contributed by atoms with Crippen molar-refractivity contribution in [3.63, 3.8) is 0 Å². The van der Waals surface area contributed by atoms with Crippen LogP contribution in [0.3, 0.4) is 0 Å². The molecule has 2 aromatic rings. The van der Waals surface area contributed by atoms with E-state index in [2.05, 4.69) is 47.2 Å². The van der Waals surface area contributed by atoms with E-state index in [-0.39, 0.29) is 0 Å². The van der Waals surface area contributed by atoms with Crippen molar-refractivity contribution in [3.8, 4) is 0 Å². The molecule has 0 aliphatic carbocycles. The Morgan fingerprint density at radius 1 is 1.42 bits per heavy atom. The van der Waals surface area contributed by atoms with Crippen molar-refractivity contribution in [2.75, 3.05) is 0 Å². The molecule has 0 unspecified atom stereocenters.